The van der Waals surface area contributed by atoms with E-state index in [4.69, 9.17) is 0 Å². The molecule has 106 valence electrons. The quantitative estimate of drug-likeness (QED) is 0.897. The van der Waals surface area contributed by atoms with Crippen LogP contribution in [0, 0.1) is 11.7 Å². The molecule has 2 N–H and O–H groups in total. The minimum absolute atomic E-state index is 0.238. The number of hydrogen-bond donors (Lipinski definition) is 2. The second-order valence-corrected chi connectivity index (χ2v) is 5.32. The smallest absolute Gasteiger partial charge is 0.132 e. The van der Waals surface area contributed by atoms with Gasteiger partial charge in [-0.25, -0.2) is 4.39 Å². The van der Waals surface area contributed by atoms with Gasteiger partial charge >= 0.3 is 0 Å². The molecule has 2 aromatic rings. The van der Waals surface area contributed by atoms with Crippen LogP contribution >= 0.6 is 0 Å². The predicted molar refractivity (Wildman–Crippen MR) is 74.5 cm³/mol. The standard InChI is InChI=1S/C15H18FN3O/c16-14-4-2-1-3-13(14)15-12(7-17-18-15)9-19-6-5-11(8-19)10-20/h1-4,7,11,20H,5-6,8-10H2,(H,17,18). The lowest BCUT2D eigenvalue weighted by Gasteiger charge is -2.15. The molecule has 1 aromatic carbocycles. The van der Waals surface area contributed by atoms with Crippen molar-refractivity contribution in [2.75, 3.05) is 19.7 Å². The SMILES string of the molecule is OCC1CCN(Cc2cn[nH]c2-c2ccccc2F)C1. The predicted octanol–water partition coefficient (Wildman–Crippen LogP) is 2.03. The Morgan fingerprint density at radius 2 is 2.25 bits per heavy atom. The van der Waals surface area contributed by atoms with Crippen LogP contribution in [0.3, 0.4) is 0 Å². The van der Waals surface area contributed by atoms with E-state index in [1.54, 1.807) is 18.3 Å². The lowest BCUT2D eigenvalue weighted by Crippen LogP contribution is -2.21. The molecule has 2 heterocycles. The number of benzene rings is 1. The van der Waals surface area contributed by atoms with Crippen LogP contribution in [-0.2, 0) is 6.54 Å². The zero-order valence-corrected chi connectivity index (χ0v) is 11.2. The number of halogens is 1. The molecule has 0 bridgehead atoms. The van der Waals surface area contributed by atoms with Crippen molar-refractivity contribution in [2.45, 2.75) is 13.0 Å². The summed E-state index contributed by atoms with van der Waals surface area (Å²) in [6.07, 6.45) is 2.78. The van der Waals surface area contributed by atoms with Crippen molar-refractivity contribution in [1.29, 1.82) is 0 Å². The summed E-state index contributed by atoms with van der Waals surface area (Å²) in [5, 5.41) is 16.1. The molecule has 0 radical (unpaired) electrons. The minimum Gasteiger partial charge on any atom is -0.396 e. The third kappa shape index (κ3) is 2.59. The number of hydrogen-bond acceptors (Lipinski definition) is 3. The maximum absolute atomic E-state index is 13.9. The molecule has 5 heteroatoms. The number of H-pyrrole nitrogens is 1. The summed E-state index contributed by atoms with van der Waals surface area (Å²) in [6, 6.07) is 6.71. The summed E-state index contributed by atoms with van der Waals surface area (Å²) in [6.45, 7) is 2.82. The summed E-state index contributed by atoms with van der Waals surface area (Å²) in [4.78, 5) is 2.27. The first-order valence-corrected chi connectivity index (χ1v) is 6.88. The number of nitrogens with zero attached hydrogens (tertiary/aromatic N) is 2. The Bertz CT molecular complexity index is 584. The summed E-state index contributed by atoms with van der Waals surface area (Å²) in [5.74, 6) is 0.117. The number of aliphatic hydroxyl groups is 1. The monoisotopic (exact) mass is 275 g/mol. The Kier molecular flexibility index (Phi) is 3.80. The van der Waals surface area contributed by atoms with Gasteiger partial charge in [-0.1, -0.05) is 12.1 Å². The second kappa shape index (κ2) is 5.73. The number of likely N-dealkylation sites (tertiary alicyclic amines) is 1. The van der Waals surface area contributed by atoms with Crippen LogP contribution in [0.25, 0.3) is 11.3 Å². The minimum atomic E-state index is -0.243. The number of aromatic nitrogens is 2. The molecule has 0 saturated carbocycles. The van der Waals surface area contributed by atoms with E-state index in [1.807, 2.05) is 6.07 Å². The maximum Gasteiger partial charge on any atom is 0.132 e. The lowest BCUT2D eigenvalue weighted by molar-refractivity contribution is 0.220. The molecule has 20 heavy (non-hydrogen) atoms. The molecule has 1 fully saturated rings. The Hall–Kier alpha value is -1.72. The fourth-order valence-corrected chi connectivity index (χ4v) is 2.77. The highest BCUT2D eigenvalue weighted by Gasteiger charge is 2.23. The molecule has 1 aliphatic heterocycles. The van der Waals surface area contributed by atoms with Gasteiger partial charge in [-0.2, -0.15) is 5.10 Å². The van der Waals surface area contributed by atoms with Crippen molar-refractivity contribution in [1.82, 2.24) is 15.1 Å². The fraction of sp³-hybridized carbons (Fsp3) is 0.400. The molecule has 0 amide bonds. The summed E-state index contributed by atoms with van der Waals surface area (Å²) >= 11 is 0. The van der Waals surface area contributed by atoms with Crippen LogP contribution in [0.2, 0.25) is 0 Å². The molecule has 0 spiro atoms. The van der Waals surface area contributed by atoms with Gasteiger partial charge in [0.25, 0.3) is 0 Å². The first-order chi connectivity index (χ1) is 9.78. The number of rotatable bonds is 4. The van der Waals surface area contributed by atoms with E-state index >= 15 is 0 Å². The van der Waals surface area contributed by atoms with Crippen molar-refractivity contribution in [3.05, 3.63) is 41.8 Å². The van der Waals surface area contributed by atoms with E-state index in [9.17, 15) is 9.50 Å². The highest BCUT2D eigenvalue weighted by molar-refractivity contribution is 5.63. The number of aliphatic hydroxyl groups excluding tert-OH is 1. The van der Waals surface area contributed by atoms with Gasteiger partial charge in [0.05, 0.1) is 11.9 Å². The molecular weight excluding hydrogens is 257 g/mol. The van der Waals surface area contributed by atoms with E-state index in [1.165, 1.54) is 6.07 Å². The van der Waals surface area contributed by atoms with Crippen LogP contribution in [0.1, 0.15) is 12.0 Å². The summed E-state index contributed by atoms with van der Waals surface area (Å²) in [7, 11) is 0. The highest BCUT2D eigenvalue weighted by Crippen LogP contribution is 2.26. The molecule has 1 aromatic heterocycles. The van der Waals surface area contributed by atoms with Crippen LogP contribution in [0.5, 0.6) is 0 Å². The number of aromatic amines is 1. The van der Waals surface area contributed by atoms with Gasteiger partial charge in [-0.15, -0.1) is 0 Å². The third-order valence-corrected chi connectivity index (χ3v) is 3.88. The average Bonchev–Trinajstić information content (AvgIpc) is 3.09. The van der Waals surface area contributed by atoms with E-state index < -0.39 is 0 Å². The molecule has 0 aliphatic carbocycles. The van der Waals surface area contributed by atoms with Gasteiger partial charge in [0.1, 0.15) is 5.82 Å². The molecule has 1 unspecified atom stereocenters. The second-order valence-electron chi connectivity index (χ2n) is 5.32. The van der Waals surface area contributed by atoms with Crippen LogP contribution in [0.4, 0.5) is 4.39 Å². The fourth-order valence-electron chi connectivity index (χ4n) is 2.77. The van der Waals surface area contributed by atoms with Gasteiger partial charge < -0.3 is 5.11 Å². The van der Waals surface area contributed by atoms with E-state index in [-0.39, 0.29) is 12.4 Å². The Balaban J connectivity index is 1.79. The molecule has 4 nitrogen and oxygen atoms in total. The highest BCUT2D eigenvalue weighted by atomic mass is 19.1. The third-order valence-electron chi connectivity index (χ3n) is 3.88. The van der Waals surface area contributed by atoms with Crippen molar-refractivity contribution in [2.24, 2.45) is 5.92 Å². The van der Waals surface area contributed by atoms with E-state index in [0.717, 1.165) is 37.3 Å². The summed E-state index contributed by atoms with van der Waals surface area (Å²) in [5.41, 5.74) is 2.29. The Morgan fingerprint density at radius 1 is 1.40 bits per heavy atom. The maximum atomic E-state index is 13.9. The van der Waals surface area contributed by atoms with Crippen LogP contribution in [0.15, 0.2) is 30.5 Å². The van der Waals surface area contributed by atoms with Crippen molar-refractivity contribution < 1.29 is 9.50 Å². The lowest BCUT2D eigenvalue weighted by atomic mass is 10.1. The van der Waals surface area contributed by atoms with Gasteiger partial charge in [0.2, 0.25) is 0 Å². The molecule has 3 rings (SSSR count). The Morgan fingerprint density at radius 3 is 3.00 bits per heavy atom. The summed E-state index contributed by atoms with van der Waals surface area (Å²) < 4.78 is 13.9. The normalized spacial score (nSPS) is 19.6. The van der Waals surface area contributed by atoms with Crippen molar-refractivity contribution in [3.63, 3.8) is 0 Å². The zero-order chi connectivity index (χ0) is 13.9. The van der Waals surface area contributed by atoms with Crippen LogP contribution in [-0.4, -0.2) is 39.9 Å². The average molecular weight is 275 g/mol. The molecule has 1 saturated heterocycles. The van der Waals surface area contributed by atoms with E-state index in [2.05, 4.69) is 15.1 Å². The molecule has 1 atom stereocenters. The van der Waals surface area contributed by atoms with Gasteiger partial charge in [0, 0.05) is 30.8 Å². The number of nitrogens with one attached hydrogen (secondary N) is 1. The van der Waals surface area contributed by atoms with Gasteiger partial charge in [0.15, 0.2) is 0 Å². The van der Waals surface area contributed by atoms with Crippen LogP contribution < -0.4 is 0 Å². The van der Waals surface area contributed by atoms with Gasteiger partial charge in [-0.05, 0) is 31.0 Å². The van der Waals surface area contributed by atoms with E-state index in [0.29, 0.717) is 11.5 Å². The first kappa shape index (κ1) is 13.3. The first-order valence-electron chi connectivity index (χ1n) is 6.88. The zero-order valence-electron chi connectivity index (χ0n) is 11.2. The van der Waals surface area contributed by atoms with Crippen molar-refractivity contribution in [3.8, 4) is 11.3 Å². The largest absolute Gasteiger partial charge is 0.396 e. The van der Waals surface area contributed by atoms with Crippen molar-refractivity contribution >= 4 is 0 Å². The molecular formula is C15H18FN3O. The van der Waals surface area contributed by atoms with Gasteiger partial charge in [-0.3, -0.25) is 10.00 Å². The molecule has 1 aliphatic rings. The Labute approximate surface area is 117 Å². The topological polar surface area (TPSA) is 52.1 Å².